The van der Waals surface area contributed by atoms with Gasteiger partial charge in [-0.3, -0.25) is 0 Å². The Morgan fingerprint density at radius 3 is 2.86 bits per heavy atom. The van der Waals surface area contributed by atoms with Crippen LogP contribution in [0.25, 0.3) is 10.9 Å². The largest absolute Gasteiger partial charge is 0.369 e. The molecule has 0 aliphatic rings. The molecule has 3 rings (SSSR count). The summed E-state index contributed by atoms with van der Waals surface area (Å²) in [5.74, 6) is 2.49. The molecule has 3 aromatic rings. The van der Waals surface area contributed by atoms with E-state index in [1.807, 2.05) is 38.1 Å². The summed E-state index contributed by atoms with van der Waals surface area (Å²) in [6.45, 7) is 4.76. The number of anilines is 1. The van der Waals surface area contributed by atoms with Gasteiger partial charge in [0.15, 0.2) is 5.82 Å². The first kappa shape index (κ1) is 13.5. The number of benzene rings is 1. The smallest absolute Gasteiger partial charge is 0.228 e. The van der Waals surface area contributed by atoms with Gasteiger partial charge in [-0.15, -0.1) is 0 Å². The van der Waals surface area contributed by atoms with Gasteiger partial charge in [0.05, 0.1) is 5.52 Å². The van der Waals surface area contributed by atoms with Crippen molar-refractivity contribution in [1.82, 2.24) is 20.1 Å². The predicted molar refractivity (Wildman–Crippen MR) is 80.1 cm³/mol. The standard InChI is InChI=1S/C15H17N5O/c1-10(2)14-19-13(21-20-14)7-8-16-15-11-5-3-4-6-12(11)17-9-18-15/h3-6,9-10H,7-8H2,1-2H3,(H,16,17,18). The molecule has 0 aliphatic carbocycles. The van der Waals surface area contributed by atoms with Gasteiger partial charge < -0.3 is 9.84 Å². The molecule has 21 heavy (non-hydrogen) atoms. The fourth-order valence-corrected chi connectivity index (χ4v) is 2.04. The molecule has 0 unspecified atom stereocenters. The topological polar surface area (TPSA) is 76.7 Å². The number of rotatable bonds is 5. The lowest BCUT2D eigenvalue weighted by Crippen LogP contribution is -2.07. The predicted octanol–water partition coefficient (Wildman–Crippen LogP) is 2.79. The van der Waals surface area contributed by atoms with Crippen LogP contribution in [0.2, 0.25) is 0 Å². The SMILES string of the molecule is CC(C)c1noc(CCNc2ncnc3ccccc23)n1. The lowest BCUT2D eigenvalue weighted by atomic mass is 10.2. The normalized spacial score (nSPS) is 11.2. The van der Waals surface area contributed by atoms with Crippen LogP contribution in [0.1, 0.15) is 31.5 Å². The second kappa shape index (κ2) is 5.87. The van der Waals surface area contributed by atoms with Crippen LogP contribution in [0.5, 0.6) is 0 Å². The Balaban J connectivity index is 1.66. The maximum atomic E-state index is 5.22. The Kier molecular flexibility index (Phi) is 3.77. The third-order valence-electron chi connectivity index (χ3n) is 3.17. The summed E-state index contributed by atoms with van der Waals surface area (Å²) in [5.41, 5.74) is 0.926. The van der Waals surface area contributed by atoms with Crippen LogP contribution in [0, 0.1) is 0 Å². The second-order valence-corrected chi connectivity index (χ2v) is 5.12. The molecular weight excluding hydrogens is 266 g/mol. The number of aromatic nitrogens is 4. The van der Waals surface area contributed by atoms with Gasteiger partial charge >= 0.3 is 0 Å². The fourth-order valence-electron chi connectivity index (χ4n) is 2.04. The van der Waals surface area contributed by atoms with Gasteiger partial charge in [0.1, 0.15) is 12.1 Å². The minimum atomic E-state index is 0.279. The third kappa shape index (κ3) is 2.99. The number of nitrogens with one attached hydrogen (secondary N) is 1. The molecule has 0 spiro atoms. The highest BCUT2D eigenvalue weighted by molar-refractivity contribution is 5.88. The number of hydrogen-bond acceptors (Lipinski definition) is 6. The average Bonchev–Trinajstić information content (AvgIpc) is 2.97. The summed E-state index contributed by atoms with van der Waals surface area (Å²) in [5, 5.41) is 8.26. The highest BCUT2D eigenvalue weighted by Gasteiger charge is 2.09. The van der Waals surface area contributed by atoms with Crippen LogP contribution in [0.4, 0.5) is 5.82 Å². The minimum absolute atomic E-state index is 0.279. The molecule has 0 aliphatic heterocycles. The number of nitrogens with zero attached hydrogens (tertiary/aromatic N) is 4. The molecule has 0 radical (unpaired) electrons. The van der Waals surface area contributed by atoms with E-state index >= 15 is 0 Å². The molecule has 0 amide bonds. The van der Waals surface area contributed by atoms with Gasteiger partial charge in [-0.25, -0.2) is 9.97 Å². The molecule has 6 nitrogen and oxygen atoms in total. The van der Waals surface area contributed by atoms with Crippen LogP contribution >= 0.6 is 0 Å². The maximum absolute atomic E-state index is 5.22. The van der Waals surface area contributed by atoms with Crippen LogP contribution < -0.4 is 5.32 Å². The first-order valence-corrected chi connectivity index (χ1v) is 7.00. The van der Waals surface area contributed by atoms with Crippen molar-refractivity contribution >= 4 is 16.7 Å². The van der Waals surface area contributed by atoms with Crippen LogP contribution in [0.15, 0.2) is 35.1 Å². The molecule has 0 saturated carbocycles. The molecule has 0 bridgehead atoms. The molecule has 2 heterocycles. The van der Waals surface area contributed by atoms with Gasteiger partial charge in [0, 0.05) is 24.3 Å². The molecule has 0 fully saturated rings. The van der Waals surface area contributed by atoms with E-state index in [0.717, 1.165) is 22.5 Å². The maximum Gasteiger partial charge on any atom is 0.228 e. The Morgan fingerprint density at radius 2 is 2.05 bits per heavy atom. The summed E-state index contributed by atoms with van der Waals surface area (Å²) in [7, 11) is 0. The molecule has 1 aromatic carbocycles. The summed E-state index contributed by atoms with van der Waals surface area (Å²) in [6.07, 6.45) is 2.23. The van der Waals surface area contributed by atoms with Crippen molar-refractivity contribution in [2.45, 2.75) is 26.2 Å². The summed E-state index contributed by atoms with van der Waals surface area (Å²) in [6, 6.07) is 7.91. The molecular formula is C15H17N5O. The zero-order valence-corrected chi connectivity index (χ0v) is 12.1. The number of para-hydroxylation sites is 1. The second-order valence-electron chi connectivity index (χ2n) is 5.12. The first-order valence-electron chi connectivity index (χ1n) is 7.00. The van der Waals surface area contributed by atoms with Crippen molar-refractivity contribution in [1.29, 1.82) is 0 Å². The average molecular weight is 283 g/mol. The quantitative estimate of drug-likeness (QED) is 0.776. The van der Waals surface area contributed by atoms with Gasteiger partial charge in [-0.05, 0) is 12.1 Å². The number of hydrogen-bond donors (Lipinski definition) is 1. The Bertz CT molecular complexity index is 732. The van der Waals surface area contributed by atoms with E-state index in [2.05, 4.69) is 25.4 Å². The van der Waals surface area contributed by atoms with E-state index in [9.17, 15) is 0 Å². The Morgan fingerprint density at radius 1 is 1.19 bits per heavy atom. The molecule has 1 N–H and O–H groups in total. The van der Waals surface area contributed by atoms with Crippen molar-refractivity contribution in [2.75, 3.05) is 11.9 Å². The Hall–Kier alpha value is -2.50. The molecule has 0 atom stereocenters. The minimum Gasteiger partial charge on any atom is -0.369 e. The van der Waals surface area contributed by atoms with E-state index in [4.69, 9.17) is 4.52 Å². The van der Waals surface area contributed by atoms with Crippen molar-refractivity contribution in [3.63, 3.8) is 0 Å². The fraction of sp³-hybridized carbons (Fsp3) is 0.333. The van der Waals surface area contributed by atoms with E-state index < -0.39 is 0 Å². The van der Waals surface area contributed by atoms with Crippen molar-refractivity contribution in [2.24, 2.45) is 0 Å². The van der Waals surface area contributed by atoms with Crippen molar-refractivity contribution < 1.29 is 4.52 Å². The lowest BCUT2D eigenvalue weighted by Gasteiger charge is -2.06. The Labute approximate surface area is 122 Å². The van der Waals surface area contributed by atoms with Crippen molar-refractivity contribution in [3.05, 3.63) is 42.3 Å². The summed E-state index contributed by atoms with van der Waals surface area (Å²) < 4.78 is 5.22. The van der Waals surface area contributed by atoms with E-state index in [1.165, 1.54) is 0 Å². The van der Waals surface area contributed by atoms with Crippen LogP contribution in [0.3, 0.4) is 0 Å². The van der Waals surface area contributed by atoms with Crippen LogP contribution in [-0.4, -0.2) is 26.7 Å². The highest BCUT2D eigenvalue weighted by Crippen LogP contribution is 2.18. The first-order chi connectivity index (χ1) is 10.2. The highest BCUT2D eigenvalue weighted by atomic mass is 16.5. The van der Waals surface area contributed by atoms with Crippen LogP contribution in [-0.2, 0) is 6.42 Å². The zero-order valence-electron chi connectivity index (χ0n) is 12.1. The van der Waals surface area contributed by atoms with Crippen molar-refractivity contribution in [3.8, 4) is 0 Å². The van der Waals surface area contributed by atoms with E-state index in [1.54, 1.807) is 6.33 Å². The molecule has 108 valence electrons. The van der Waals surface area contributed by atoms with Gasteiger partial charge in [-0.1, -0.05) is 31.1 Å². The molecule has 2 aromatic heterocycles. The summed E-state index contributed by atoms with van der Waals surface area (Å²) in [4.78, 5) is 12.9. The van der Waals surface area contributed by atoms with Gasteiger partial charge in [0.2, 0.25) is 5.89 Å². The number of fused-ring (bicyclic) bond motifs is 1. The zero-order chi connectivity index (χ0) is 14.7. The third-order valence-corrected chi connectivity index (χ3v) is 3.17. The summed E-state index contributed by atoms with van der Waals surface area (Å²) >= 11 is 0. The van der Waals surface area contributed by atoms with Gasteiger partial charge in [-0.2, -0.15) is 4.98 Å². The van der Waals surface area contributed by atoms with Gasteiger partial charge in [0.25, 0.3) is 0 Å². The van der Waals surface area contributed by atoms with E-state index in [0.29, 0.717) is 18.9 Å². The van der Waals surface area contributed by atoms with E-state index in [-0.39, 0.29) is 5.92 Å². The molecule has 6 heteroatoms. The lowest BCUT2D eigenvalue weighted by molar-refractivity contribution is 0.373. The molecule has 0 saturated heterocycles. The monoisotopic (exact) mass is 283 g/mol.